The Morgan fingerprint density at radius 1 is 1.00 bits per heavy atom. The fourth-order valence-electron chi connectivity index (χ4n) is 1.79. The molecule has 1 radical (unpaired) electrons. The quantitative estimate of drug-likeness (QED) is 0.284. The van der Waals surface area contributed by atoms with Gasteiger partial charge in [-0.1, -0.05) is 17.9 Å². The van der Waals surface area contributed by atoms with Crippen LogP contribution in [0.15, 0.2) is 36.7 Å². The first-order valence-electron chi connectivity index (χ1n) is 5.28. The Bertz CT molecular complexity index is 788. The van der Waals surface area contributed by atoms with Crippen molar-refractivity contribution in [1.82, 2.24) is 9.97 Å². The summed E-state index contributed by atoms with van der Waals surface area (Å²) in [6, 6.07) is 6.27. The van der Waals surface area contributed by atoms with E-state index in [0.717, 1.165) is 0 Å². The standard InChI is InChI=1S/C12H8N2O2.Cu.FO2S/c15-9-3-5-13-11-7(9)1-2-8-10(16)4-6-14-12(8)11;;1-4(2)3/h1-6H,(H,13,15)(H,14,16);;/q;+2;-1/p-1. The number of aromatic hydroxyl groups is 1. The van der Waals surface area contributed by atoms with Crippen LogP contribution in [0.3, 0.4) is 0 Å². The maximum atomic E-state index is 11.6. The molecule has 0 aliphatic carbocycles. The number of fused-ring (bicyclic) bond motifs is 3. The van der Waals surface area contributed by atoms with Gasteiger partial charge in [-0.05, 0) is 17.5 Å². The fraction of sp³-hybridized carbons (Fsp3) is 0. The van der Waals surface area contributed by atoms with Crippen molar-refractivity contribution < 1.29 is 39.6 Å². The van der Waals surface area contributed by atoms with Gasteiger partial charge in [-0.25, -0.2) is 0 Å². The zero-order chi connectivity index (χ0) is 14.7. The molecule has 1 N–H and O–H groups in total. The number of nitrogens with zero attached hydrogens (tertiary/aromatic N) is 2. The van der Waals surface area contributed by atoms with Crippen molar-refractivity contribution in [2.24, 2.45) is 0 Å². The first-order valence-corrected chi connectivity index (χ1v) is 6.26. The van der Waals surface area contributed by atoms with Gasteiger partial charge in [-0.3, -0.25) is 9.97 Å². The van der Waals surface area contributed by atoms with Gasteiger partial charge in [-0.15, -0.1) is 0 Å². The van der Waals surface area contributed by atoms with Gasteiger partial charge in [0, 0.05) is 17.8 Å². The van der Waals surface area contributed by atoms with Crippen LogP contribution in [0.5, 0.6) is 11.5 Å². The molecule has 2 aromatic heterocycles. The number of aromatic nitrogens is 2. The van der Waals surface area contributed by atoms with Crippen molar-refractivity contribution in [3.8, 4) is 11.5 Å². The minimum Gasteiger partial charge on any atom is -0.872 e. The molecule has 0 aliphatic rings. The van der Waals surface area contributed by atoms with E-state index in [4.69, 9.17) is 8.42 Å². The Labute approximate surface area is 131 Å². The second-order valence-electron chi connectivity index (χ2n) is 3.69. The molecule has 1 aromatic carbocycles. The predicted octanol–water partition coefficient (Wildman–Crippen LogP) is 1.74. The minimum absolute atomic E-state index is 0. The van der Waals surface area contributed by atoms with Gasteiger partial charge in [0.25, 0.3) is 0 Å². The summed E-state index contributed by atoms with van der Waals surface area (Å²) in [6.07, 6.45) is 2.95. The molecule has 0 bridgehead atoms. The van der Waals surface area contributed by atoms with Crippen LogP contribution in [-0.4, -0.2) is 15.1 Å². The van der Waals surface area contributed by atoms with Crippen LogP contribution >= 0.6 is 0 Å². The molecule has 0 saturated heterocycles. The zero-order valence-electron chi connectivity index (χ0n) is 10.1. The Morgan fingerprint density at radius 3 is 2.10 bits per heavy atom. The van der Waals surface area contributed by atoms with E-state index in [1.165, 1.54) is 24.5 Å². The monoisotopic (exact) mass is 357 g/mol. The topological polar surface area (TPSA) is 103 Å². The average molecular weight is 358 g/mol. The van der Waals surface area contributed by atoms with Gasteiger partial charge in [0.15, 0.2) is 0 Å². The number of hydrogen-bond acceptors (Lipinski definition) is 7. The molecule has 0 aliphatic heterocycles. The number of hydrogen-bond donors (Lipinski definition) is 1. The van der Waals surface area contributed by atoms with E-state index >= 15 is 0 Å². The van der Waals surface area contributed by atoms with Crippen LogP contribution in [0.25, 0.3) is 21.8 Å². The molecule has 2 heterocycles. The second-order valence-corrected chi connectivity index (χ2v) is 4.08. The first kappa shape index (κ1) is 17.1. The average Bonchev–Trinajstić information content (AvgIpc) is 2.39. The molecular formula is C12H7CuFN2O4S. The van der Waals surface area contributed by atoms with Crippen molar-refractivity contribution >= 4 is 32.9 Å². The van der Waals surface area contributed by atoms with Crippen LogP contribution in [0.4, 0.5) is 3.89 Å². The summed E-state index contributed by atoms with van der Waals surface area (Å²) in [5.41, 5.74) is 1.08. The van der Waals surface area contributed by atoms with Gasteiger partial charge >= 0.3 is 17.1 Å². The van der Waals surface area contributed by atoms with E-state index in [1.807, 2.05) is 0 Å². The van der Waals surface area contributed by atoms with E-state index in [2.05, 4.69) is 9.97 Å². The third-order valence-corrected chi connectivity index (χ3v) is 2.56. The van der Waals surface area contributed by atoms with Crippen molar-refractivity contribution in [3.05, 3.63) is 36.7 Å². The Morgan fingerprint density at radius 2 is 1.48 bits per heavy atom. The van der Waals surface area contributed by atoms with E-state index in [9.17, 15) is 14.1 Å². The van der Waals surface area contributed by atoms with Gasteiger partial charge in [0.1, 0.15) is 11.3 Å². The fourth-order valence-corrected chi connectivity index (χ4v) is 1.79. The predicted molar refractivity (Wildman–Crippen MR) is 68.0 cm³/mol. The third kappa shape index (κ3) is 3.78. The number of rotatable bonds is 0. The molecule has 0 spiro atoms. The Hall–Kier alpha value is -1.96. The second kappa shape index (κ2) is 7.16. The molecule has 6 nitrogen and oxygen atoms in total. The molecule has 0 amide bonds. The first-order chi connectivity index (χ1) is 9.50. The summed E-state index contributed by atoms with van der Waals surface area (Å²) >= 11 is -3.36. The van der Waals surface area contributed by atoms with Crippen molar-refractivity contribution in [2.75, 3.05) is 0 Å². The molecule has 0 atom stereocenters. The summed E-state index contributed by atoms with van der Waals surface area (Å²) in [5, 5.41) is 22.4. The van der Waals surface area contributed by atoms with E-state index in [-0.39, 0.29) is 28.6 Å². The van der Waals surface area contributed by atoms with Crippen LogP contribution < -0.4 is 5.11 Å². The van der Waals surface area contributed by atoms with Crippen molar-refractivity contribution in [3.63, 3.8) is 0 Å². The minimum atomic E-state index is -3.36. The molecule has 0 saturated carbocycles. The molecule has 21 heavy (non-hydrogen) atoms. The summed E-state index contributed by atoms with van der Waals surface area (Å²) in [4.78, 5) is 8.29. The maximum Gasteiger partial charge on any atom is 2.00 e. The van der Waals surface area contributed by atoms with Crippen molar-refractivity contribution in [1.29, 1.82) is 0 Å². The smallest absolute Gasteiger partial charge is 0.872 e. The van der Waals surface area contributed by atoms with Crippen LogP contribution in [0.1, 0.15) is 0 Å². The van der Waals surface area contributed by atoms with Crippen LogP contribution in [0, 0.1) is 0 Å². The van der Waals surface area contributed by atoms with Gasteiger partial charge < -0.3 is 22.5 Å². The summed E-state index contributed by atoms with van der Waals surface area (Å²) in [5.74, 6) is 0.0574. The molecule has 113 valence electrons. The third-order valence-electron chi connectivity index (χ3n) is 2.56. The van der Waals surface area contributed by atoms with Gasteiger partial charge in [0.05, 0.1) is 16.6 Å². The van der Waals surface area contributed by atoms with E-state index in [0.29, 0.717) is 21.8 Å². The molecule has 9 heteroatoms. The summed E-state index contributed by atoms with van der Waals surface area (Å²) in [6.45, 7) is 0. The summed E-state index contributed by atoms with van der Waals surface area (Å²) in [7, 11) is 0. The van der Waals surface area contributed by atoms with Crippen molar-refractivity contribution in [2.45, 2.75) is 0 Å². The number of pyridine rings is 2. The SMILES string of the molecule is O=[S-](=O)F.[Cu+2].[O-]c1ccnc2c1ccc1c(O)ccnc12. The molecule has 3 aromatic rings. The van der Waals surface area contributed by atoms with Crippen LogP contribution in [0.2, 0.25) is 0 Å². The molecular weight excluding hydrogens is 351 g/mol. The van der Waals surface area contributed by atoms with Crippen LogP contribution in [-0.2, 0) is 36.6 Å². The molecule has 3 rings (SSSR count). The Balaban J connectivity index is 0.000000397. The number of halogens is 1. The number of benzene rings is 1. The van der Waals surface area contributed by atoms with E-state index in [1.54, 1.807) is 12.1 Å². The Kier molecular flexibility index (Phi) is 5.83. The molecule has 0 unspecified atom stereocenters. The van der Waals surface area contributed by atoms with Gasteiger partial charge in [0.2, 0.25) is 0 Å². The normalized spacial score (nSPS) is 10.0. The largest absolute Gasteiger partial charge is 2.00 e. The van der Waals surface area contributed by atoms with Gasteiger partial charge in [-0.2, -0.15) is 0 Å². The summed E-state index contributed by atoms with van der Waals surface area (Å²) < 4.78 is 26.6. The zero-order valence-corrected chi connectivity index (χ0v) is 11.9. The molecule has 0 fully saturated rings. The van der Waals surface area contributed by atoms with E-state index < -0.39 is 11.1 Å². The maximum absolute atomic E-state index is 11.6.